The lowest BCUT2D eigenvalue weighted by Gasteiger charge is -2.25. The highest BCUT2D eigenvalue weighted by atomic mass is 32.2. The van der Waals surface area contributed by atoms with Gasteiger partial charge in [0.25, 0.3) is 0 Å². The topological polar surface area (TPSA) is 58.2 Å². The number of sulfonamides is 1. The van der Waals surface area contributed by atoms with E-state index >= 15 is 0 Å². The van der Waals surface area contributed by atoms with Crippen molar-refractivity contribution in [1.29, 1.82) is 0 Å². The van der Waals surface area contributed by atoms with Crippen molar-refractivity contribution < 1.29 is 8.42 Å². The summed E-state index contributed by atoms with van der Waals surface area (Å²) in [5.41, 5.74) is -0.410. The van der Waals surface area contributed by atoms with Crippen molar-refractivity contribution in [3.63, 3.8) is 0 Å². The summed E-state index contributed by atoms with van der Waals surface area (Å²) in [4.78, 5) is 1.24. The van der Waals surface area contributed by atoms with Crippen molar-refractivity contribution in [2.45, 2.75) is 50.6 Å². The van der Waals surface area contributed by atoms with Crippen LogP contribution in [0.5, 0.6) is 0 Å². The van der Waals surface area contributed by atoms with E-state index in [1.54, 1.807) is 6.07 Å². The summed E-state index contributed by atoms with van der Waals surface area (Å²) in [5.74, 6) is 0. The first-order chi connectivity index (χ1) is 8.32. The number of hydrogen-bond donors (Lipinski definition) is 2. The molecule has 0 atom stereocenters. The van der Waals surface area contributed by atoms with Gasteiger partial charge in [-0.05, 0) is 38.8 Å². The van der Waals surface area contributed by atoms with Crippen molar-refractivity contribution >= 4 is 21.4 Å². The molecule has 1 rings (SSSR count). The van der Waals surface area contributed by atoms with Crippen molar-refractivity contribution in [3.05, 3.63) is 16.3 Å². The molecule has 1 aromatic heterocycles. The first-order valence-corrected chi connectivity index (χ1v) is 8.43. The Labute approximate surface area is 114 Å². The Bertz CT molecular complexity index is 478. The normalized spacial score (nSPS) is 12.9. The van der Waals surface area contributed by atoms with Gasteiger partial charge in [0.1, 0.15) is 0 Å². The molecule has 0 saturated carbocycles. The fourth-order valence-electron chi connectivity index (χ4n) is 1.95. The van der Waals surface area contributed by atoms with Crippen LogP contribution >= 0.6 is 11.3 Å². The van der Waals surface area contributed by atoms with Crippen LogP contribution in [0.25, 0.3) is 0 Å². The molecule has 0 aliphatic carbocycles. The van der Waals surface area contributed by atoms with Gasteiger partial charge >= 0.3 is 0 Å². The third-order valence-corrected chi connectivity index (χ3v) is 5.45. The molecule has 4 nitrogen and oxygen atoms in total. The van der Waals surface area contributed by atoms with Crippen LogP contribution < -0.4 is 10.0 Å². The summed E-state index contributed by atoms with van der Waals surface area (Å²) in [6.45, 7) is 6.45. The van der Waals surface area contributed by atoms with Gasteiger partial charge in [0.05, 0.1) is 4.90 Å². The van der Waals surface area contributed by atoms with E-state index in [1.807, 2.05) is 33.2 Å². The molecule has 0 radical (unpaired) electrons. The molecule has 0 fully saturated rings. The summed E-state index contributed by atoms with van der Waals surface area (Å²) < 4.78 is 27.5. The standard InChI is InChI=1S/C12H22N2O2S2/c1-5-7-12(2,3)14-18(15,16)11-6-8-17-10(11)9-13-4/h6,8,13-14H,5,7,9H2,1-4H3. The zero-order valence-electron chi connectivity index (χ0n) is 11.4. The molecule has 104 valence electrons. The molecule has 0 bridgehead atoms. The zero-order valence-corrected chi connectivity index (χ0v) is 13.0. The highest BCUT2D eigenvalue weighted by Crippen LogP contribution is 2.24. The molecule has 18 heavy (non-hydrogen) atoms. The lowest BCUT2D eigenvalue weighted by Crippen LogP contribution is -2.43. The molecule has 0 aliphatic rings. The van der Waals surface area contributed by atoms with Crippen molar-refractivity contribution in [3.8, 4) is 0 Å². The van der Waals surface area contributed by atoms with Crippen molar-refractivity contribution in [2.24, 2.45) is 0 Å². The van der Waals surface area contributed by atoms with Gasteiger partial charge in [-0.2, -0.15) is 0 Å². The lowest BCUT2D eigenvalue weighted by molar-refractivity contribution is 0.417. The summed E-state index contributed by atoms with van der Waals surface area (Å²) in [6, 6.07) is 1.67. The largest absolute Gasteiger partial charge is 0.315 e. The maximum atomic E-state index is 12.3. The van der Waals surface area contributed by atoms with Crippen molar-refractivity contribution in [2.75, 3.05) is 7.05 Å². The van der Waals surface area contributed by atoms with E-state index in [9.17, 15) is 8.42 Å². The van der Waals surface area contributed by atoms with Crippen LogP contribution in [0.15, 0.2) is 16.3 Å². The van der Waals surface area contributed by atoms with Gasteiger partial charge in [0.15, 0.2) is 0 Å². The molecule has 0 aromatic carbocycles. The van der Waals surface area contributed by atoms with E-state index in [-0.39, 0.29) is 0 Å². The summed E-state index contributed by atoms with van der Waals surface area (Å²) in [5, 5.41) is 4.80. The summed E-state index contributed by atoms with van der Waals surface area (Å²) in [6.07, 6.45) is 1.76. The fraction of sp³-hybridized carbons (Fsp3) is 0.667. The maximum absolute atomic E-state index is 12.3. The Morgan fingerprint density at radius 3 is 2.61 bits per heavy atom. The molecule has 0 saturated heterocycles. The Morgan fingerprint density at radius 2 is 2.06 bits per heavy atom. The minimum atomic E-state index is -3.43. The first kappa shape index (κ1) is 15.6. The SMILES string of the molecule is CCCC(C)(C)NS(=O)(=O)c1ccsc1CNC. The van der Waals surface area contributed by atoms with Gasteiger partial charge in [-0.25, -0.2) is 13.1 Å². The van der Waals surface area contributed by atoms with Crippen LogP contribution in [0.2, 0.25) is 0 Å². The minimum Gasteiger partial charge on any atom is -0.315 e. The monoisotopic (exact) mass is 290 g/mol. The van der Waals surface area contributed by atoms with E-state index in [1.165, 1.54) is 11.3 Å². The average Bonchev–Trinajstić information content (AvgIpc) is 2.65. The summed E-state index contributed by atoms with van der Waals surface area (Å²) in [7, 11) is -1.62. The third-order valence-electron chi connectivity index (χ3n) is 2.62. The summed E-state index contributed by atoms with van der Waals surface area (Å²) >= 11 is 1.46. The van der Waals surface area contributed by atoms with Gasteiger partial charge < -0.3 is 5.32 Å². The van der Waals surface area contributed by atoms with E-state index in [2.05, 4.69) is 10.0 Å². The second kappa shape index (κ2) is 6.14. The smallest absolute Gasteiger partial charge is 0.242 e. The zero-order chi connectivity index (χ0) is 13.8. The predicted octanol–water partition coefficient (Wildman–Crippen LogP) is 2.32. The molecule has 2 N–H and O–H groups in total. The van der Waals surface area contributed by atoms with Crippen molar-refractivity contribution in [1.82, 2.24) is 10.0 Å². The Balaban J connectivity index is 2.96. The quantitative estimate of drug-likeness (QED) is 0.810. The molecule has 6 heteroatoms. The minimum absolute atomic E-state index is 0.394. The fourth-order valence-corrected chi connectivity index (χ4v) is 4.85. The van der Waals surface area contributed by atoms with E-state index in [4.69, 9.17) is 0 Å². The maximum Gasteiger partial charge on any atom is 0.242 e. The Kier molecular flexibility index (Phi) is 5.33. The highest BCUT2D eigenvalue weighted by Gasteiger charge is 2.27. The van der Waals surface area contributed by atoms with Crippen LogP contribution in [0, 0.1) is 0 Å². The van der Waals surface area contributed by atoms with Crippen LogP contribution in [0.4, 0.5) is 0 Å². The van der Waals surface area contributed by atoms with Crippen LogP contribution in [-0.2, 0) is 16.6 Å². The molecule has 0 amide bonds. The Hall–Kier alpha value is -0.430. The van der Waals surface area contributed by atoms with Gasteiger partial charge in [-0.3, -0.25) is 0 Å². The number of nitrogens with one attached hydrogen (secondary N) is 2. The van der Waals surface area contributed by atoms with Gasteiger partial charge in [0, 0.05) is 17.0 Å². The number of thiophene rings is 1. The third kappa shape index (κ3) is 4.05. The van der Waals surface area contributed by atoms with Crippen LogP contribution in [0.1, 0.15) is 38.5 Å². The molecule has 0 spiro atoms. The molecular weight excluding hydrogens is 268 g/mol. The van der Waals surface area contributed by atoms with E-state index < -0.39 is 15.6 Å². The number of rotatable bonds is 7. The molecule has 0 aliphatic heterocycles. The molecule has 0 unspecified atom stereocenters. The van der Waals surface area contributed by atoms with E-state index in [0.29, 0.717) is 11.4 Å². The van der Waals surface area contributed by atoms with Crippen LogP contribution in [-0.4, -0.2) is 21.0 Å². The highest BCUT2D eigenvalue weighted by molar-refractivity contribution is 7.89. The number of hydrogen-bond acceptors (Lipinski definition) is 4. The molecule has 1 heterocycles. The van der Waals surface area contributed by atoms with Gasteiger partial charge in [-0.1, -0.05) is 13.3 Å². The van der Waals surface area contributed by atoms with Crippen LogP contribution in [0.3, 0.4) is 0 Å². The average molecular weight is 290 g/mol. The lowest BCUT2D eigenvalue weighted by atomic mass is 10.0. The predicted molar refractivity (Wildman–Crippen MR) is 76.4 cm³/mol. The second-order valence-electron chi connectivity index (χ2n) is 4.98. The molecular formula is C12H22N2O2S2. The van der Waals surface area contributed by atoms with Gasteiger partial charge in [0.2, 0.25) is 10.0 Å². The van der Waals surface area contributed by atoms with E-state index in [0.717, 1.165) is 17.7 Å². The van der Waals surface area contributed by atoms with Gasteiger partial charge in [-0.15, -0.1) is 11.3 Å². The second-order valence-corrected chi connectivity index (χ2v) is 7.63. The Morgan fingerprint density at radius 1 is 1.39 bits per heavy atom. The first-order valence-electron chi connectivity index (χ1n) is 6.07. The molecule has 1 aromatic rings.